The van der Waals surface area contributed by atoms with Gasteiger partial charge < -0.3 is 16.4 Å². The standard InChI is InChI=1S/C12H19N5O/c1-2-14-11(18)5-6-15-10-7-9(13)16-12(17-10)8-3-4-8/h7-8H,2-6H2,1H3,(H,14,18)(H3,13,15,16,17). The second kappa shape index (κ2) is 5.66. The maximum absolute atomic E-state index is 11.3. The maximum Gasteiger partial charge on any atom is 0.221 e. The predicted octanol–water partition coefficient (Wildman–Crippen LogP) is 0.874. The van der Waals surface area contributed by atoms with E-state index in [2.05, 4.69) is 20.6 Å². The highest BCUT2D eigenvalue weighted by Gasteiger charge is 2.27. The molecule has 18 heavy (non-hydrogen) atoms. The molecule has 0 saturated heterocycles. The van der Waals surface area contributed by atoms with Gasteiger partial charge in [0.15, 0.2) is 0 Å². The number of hydrogen-bond donors (Lipinski definition) is 3. The Morgan fingerprint density at radius 1 is 1.50 bits per heavy atom. The Kier molecular flexibility index (Phi) is 3.96. The molecule has 1 amide bonds. The monoisotopic (exact) mass is 249 g/mol. The summed E-state index contributed by atoms with van der Waals surface area (Å²) in [6.45, 7) is 3.11. The van der Waals surface area contributed by atoms with E-state index >= 15 is 0 Å². The lowest BCUT2D eigenvalue weighted by atomic mass is 10.3. The second-order valence-corrected chi connectivity index (χ2v) is 4.44. The molecule has 2 rings (SSSR count). The third kappa shape index (κ3) is 3.58. The fraction of sp³-hybridized carbons (Fsp3) is 0.583. The Hall–Kier alpha value is -1.85. The van der Waals surface area contributed by atoms with Crippen molar-refractivity contribution in [1.29, 1.82) is 0 Å². The van der Waals surface area contributed by atoms with Crippen molar-refractivity contribution in [3.63, 3.8) is 0 Å². The molecule has 6 nitrogen and oxygen atoms in total. The number of carbonyl (C=O) groups is 1. The normalized spacial score (nSPS) is 14.3. The van der Waals surface area contributed by atoms with E-state index in [0.717, 1.165) is 18.7 Å². The highest BCUT2D eigenvalue weighted by atomic mass is 16.1. The van der Waals surface area contributed by atoms with Gasteiger partial charge in [0.1, 0.15) is 17.5 Å². The van der Waals surface area contributed by atoms with Crippen LogP contribution in [0.1, 0.15) is 37.9 Å². The molecule has 0 aliphatic heterocycles. The first-order valence-electron chi connectivity index (χ1n) is 6.34. The number of amides is 1. The van der Waals surface area contributed by atoms with Crippen LogP contribution in [0.5, 0.6) is 0 Å². The highest BCUT2D eigenvalue weighted by Crippen LogP contribution is 2.38. The number of nitrogens with one attached hydrogen (secondary N) is 2. The molecule has 98 valence electrons. The molecule has 4 N–H and O–H groups in total. The average Bonchev–Trinajstić information content (AvgIpc) is 3.12. The van der Waals surface area contributed by atoms with E-state index in [0.29, 0.717) is 37.1 Å². The molecule has 1 aromatic rings. The zero-order chi connectivity index (χ0) is 13.0. The molecule has 0 aromatic carbocycles. The van der Waals surface area contributed by atoms with Crippen LogP contribution in [0, 0.1) is 0 Å². The molecule has 0 spiro atoms. The molecule has 0 bridgehead atoms. The number of rotatable bonds is 6. The quantitative estimate of drug-likeness (QED) is 0.695. The third-order valence-electron chi connectivity index (χ3n) is 2.74. The molecule has 1 fully saturated rings. The summed E-state index contributed by atoms with van der Waals surface area (Å²) in [5.41, 5.74) is 5.73. The molecule has 1 aromatic heterocycles. The number of hydrogen-bond acceptors (Lipinski definition) is 5. The Balaban J connectivity index is 1.86. The SMILES string of the molecule is CCNC(=O)CCNc1cc(N)nc(C2CC2)n1. The van der Waals surface area contributed by atoms with Crippen molar-refractivity contribution in [3.05, 3.63) is 11.9 Å². The number of anilines is 2. The van der Waals surface area contributed by atoms with Gasteiger partial charge in [-0.2, -0.15) is 0 Å². The Labute approximate surface area is 106 Å². The van der Waals surface area contributed by atoms with E-state index in [1.807, 2.05) is 6.92 Å². The van der Waals surface area contributed by atoms with E-state index < -0.39 is 0 Å². The predicted molar refractivity (Wildman–Crippen MR) is 70.2 cm³/mol. The van der Waals surface area contributed by atoms with Gasteiger partial charge in [-0.15, -0.1) is 0 Å². The van der Waals surface area contributed by atoms with Gasteiger partial charge in [-0.25, -0.2) is 9.97 Å². The maximum atomic E-state index is 11.3. The van der Waals surface area contributed by atoms with Crippen LogP contribution in [0.15, 0.2) is 6.07 Å². The van der Waals surface area contributed by atoms with Crippen LogP contribution in [-0.4, -0.2) is 29.0 Å². The summed E-state index contributed by atoms with van der Waals surface area (Å²) >= 11 is 0. The molecule has 0 atom stereocenters. The van der Waals surface area contributed by atoms with Gasteiger partial charge >= 0.3 is 0 Å². The zero-order valence-electron chi connectivity index (χ0n) is 10.6. The minimum atomic E-state index is 0.0365. The summed E-state index contributed by atoms with van der Waals surface area (Å²) in [5.74, 6) is 2.50. The number of nitrogens with zero attached hydrogens (tertiary/aromatic N) is 2. The lowest BCUT2D eigenvalue weighted by Crippen LogP contribution is -2.24. The molecule has 0 unspecified atom stereocenters. The molecular weight excluding hydrogens is 230 g/mol. The molecule has 1 heterocycles. The van der Waals surface area contributed by atoms with Crippen LogP contribution in [-0.2, 0) is 4.79 Å². The highest BCUT2D eigenvalue weighted by molar-refractivity contribution is 5.76. The molecular formula is C12H19N5O. The molecule has 6 heteroatoms. The first kappa shape index (κ1) is 12.6. The first-order chi connectivity index (χ1) is 8.69. The van der Waals surface area contributed by atoms with Crippen molar-refractivity contribution < 1.29 is 4.79 Å². The summed E-state index contributed by atoms with van der Waals surface area (Å²) in [4.78, 5) is 19.9. The van der Waals surface area contributed by atoms with Crippen LogP contribution in [0.2, 0.25) is 0 Å². The third-order valence-corrected chi connectivity index (χ3v) is 2.74. The zero-order valence-corrected chi connectivity index (χ0v) is 10.6. The largest absolute Gasteiger partial charge is 0.384 e. The molecule has 1 aliphatic carbocycles. The van der Waals surface area contributed by atoms with Gasteiger partial charge in [-0.3, -0.25) is 4.79 Å². The van der Waals surface area contributed by atoms with Crippen LogP contribution in [0.3, 0.4) is 0 Å². The molecule has 1 saturated carbocycles. The summed E-state index contributed by atoms with van der Waals surface area (Å²) in [7, 11) is 0. The Bertz CT molecular complexity index is 430. The minimum absolute atomic E-state index is 0.0365. The van der Waals surface area contributed by atoms with E-state index in [1.165, 1.54) is 0 Å². The van der Waals surface area contributed by atoms with Gasteiger partial charge in [0, 0.05) is 31.5 Å². The van der Waals surface area contributed by atoms with Crippen LogP contribution < -0.4 is 16.4 Å². The number of carbonyl (C=O) groups excluding carboxylic acids is 1. The summed E-state index contributed by atoms with van der Waals surface area (Å²) < 4.78 is 0. The Morgan fingerprint density at radius 2 is 2.28 bits per heavy atom. The average molecular weight is 249 g/mol. The lowest BCUT2D eigenvalue weighted by molar-refractivity contribution is -0.120. The molecule has 1 aliphatic rings. The number of nitrogens with two attached hydrogens (primary N) is 1. The summed E-state index contributed by atoms with van der Waals surface area (Å²) in [5, 5.41) is 5.85. The van der Waals surface area contributed by atoms with E-state index in [9.17, 15) is 4.79 Å². The van der Waals surface area contributed by atoms with Gasteiger partial charge in [0.25, 0.3) is 0 Å². The van der Waals surface area contributed by atoms with Crippen molar-refractivity contribution in [2.75, 3.05) is 24.1 Å². The van der Waals surface area contributed by atoms with Gasteiger partial charge in [0.05, 0.1) is 0 Å². The lowest BCUT2D eigenvalue weighted by Gasteiger charge is -2.08. The van der Waals surface area contributed by atoms with Crippen molar-refractivity contribution >= 4 is 17.5 Å². The Morgan fingerprint density at radius 3 is 2.94 bits per heavy atom. The van der Waals surface area contributed by atoms with E-state index in [-0.39, 0.29) is 5.91 Å². The van der Waals surface area contributed by atoms with Gasteiger partial charge in [-0.05, 0) is 19.8 Å². The van der Waals surface area contributed by atoms with Crippen LogP contribution in [0.25, 0.3) is 0 Å². The van der Waals surface area contributed by atoms with Crippen LogP contribution in [0.4, 0.5) is 11.6 Å². The van der Waals surface area contributed by atoms with Crippen LogP contribution >= 0.6 is 0 Å². The molecule has 0 radical (unpaired) electrons. The van der Waals surface area contributed by atoms with Crippen molar-refractivity contribution in [3.8, 4) is 0 Å². The summed E-state index contributed by atoms with van der Waals surface area (Å²) in [6, 6.07) is 1.70. The second-order valence-electron chi connectivity index (χ2n) is 4.44. The van der Waals surface area contributed by atoms with Crippen molar-refractivity contribution in [2.45, 2.75) is 32.1 Å². The fourth-order valence-electron chi connectivity index (χ4n) is 1.69. The minimum Gasteiger partial charge on any atom is -0.384 e. The van der Waals surface area contributed by atoms with E-state index in [1.54, 1.807) is 6.07 Å². The smallest absolute Gasteiger partial charge is 0.221 e. The number of aromatic nitrogens is 2. The first-order valence-corrected chi connectivity index (χ1v) is 6.34. The van der Waals surface area contributed by atoms with Gasteiger partial charge in [-0.1, -0.05) is 0 Å². The van der Waals surface area contributed by atoms with E-state index in [4.69, 9.17) is 5.73 Å². The summed E-state index contributed by atoms with van der Waals surface area (Å²) in [6.07, 6.45) is 2.71. The number of nitrogen functional groups attached to an aromatic ring is 1. The van der Waals surface area contributed by atoms with Crippen molar-refractivity contribution in [1.82, 2.24) is 15.3 Å². The van der Waals surface area contributed by atoms with Gasteiger partial charge in [0.2, 0.25) is 5.91 Å². The van der Waals surface area contributed by atoms with Crippen molar-refractivity contribution in [2.24, 2.45) is 0 Å². The topological polar surface area (TPSA) is 92.9 Å². The fourth-order valence-corrected chi connectivity index (χ4v) is 1.69.